The Morgan fingerprint density at radius 1 is 0.886 bits per heavy atom. The van der Waals surface area contributed by atoms with Gasteiger partial charge in [-0.2, -0.15) is 5.10 Å². The second kappa shape index (κ2) is 12.5. The van der Waals surface area contributed by atoms with Crippen molar-refractivity contribution < 1.29 is 23.9 Å². The summed E-state index contributed by atoms with van der Waals surface area (Å²) < 4.78 is 10.6. The van der Waals surface area contributed by atoms with Crippen LogP contribution in [0.2, 0.25) is 0 Å². The number of hydrogen-bond acceptors (Lipinski definition) is 6. The number of amides is 3. The summed E-state index contributed by atoms with van der Waals surface area (Å²) in [5.74, 6) is -0.976. The molecule has 0 radical (unpaired) electrons. The van der Waals surface area contributed by atoms with Crippen LogP contribution in [0.4, 0.5) is 11.4 Å². The number of methoxy groups -OCH3 is 1. The van der Waals surface area contributed by atoms with E-state index in [1.165, 1.54) is 13.3 Å². The number of anilines is 2. The van der Waals surface area contributed by atoms with Gasteiger partial charge in [0.1, 0.15) is 11.5 Å². The molecule has 0 aliphatic carbocycles. The minimum absolute atomic E-state index is 0.166. The van der Waals surface area contributed by atoms with E-state index in [1.807, 2.05) is 31.2 Å². The van der Waals surface area contributed by atoms with Gasteiger partial charge in [-0.25, -0.2) is 5.43 Å². The van der Waals surface area contributed by atoms with Gasteiger partial charge in [0.2, 0.25) is 0 Å². The highest BCUT2D eigenvalue weighted by atomic mass is 16.5. The average Bonchev–Trinajstić information content (AvgIpc) is 2.88. The predicted molar refractivity (Wildman–Crippen MR) is 134 cm³/mol. The maximum Gasteiger partial charge on any atom is 0.329 e. The van der Waals surface area contributed by atoms with Crippen molar-refractivity contribution in [2.24, 2.45) is 5.10 Å². The van der Waals surface area contributed by atoms with Crippen molar-refractivity contribution >= 4 is 35.3 Å². The van der Waals surface area contributed by atoms with Crippen molar-refractivity contribution in [3.8, 4) is 11.5 Å². The second-order valence-corrected chi connectivity index (χ2v) is 7.30. The number of ether oxygens (including phenoxy) is 2. The molecular weight excluding hydrogens is 448 g/mol. The van der Waals surface area contributed by atoms with Crippen LogP contribution in [0.3, 0.4) is 0 Å². The Morgan fingerprint density at radius 3 is 2.40 bits per heavy atom. The van der Waals surface area contributed by atoms with Crippen LogP contribution in [0.5, 0.6) is 11.5 Å². The summed E-state index contributed by atoms with van der Waals surface area (Å²) in [6.45, 7) is 1.85. The summed E-state index contributed by atoms with van der Waals surface area (Å²) in [6.07, 6.45) is 2.17. The molecule has 0 saturated heterocycles. The third-order valence-corrected chi connectivity index (χ3v) is 4.83. The molecule has 0 aromatic heterocycles. The SMILES string of the molecule is CCc1ccccc1NC(=O)COc1cccc(/C=N\NC(=O)C(=O)Nc2ccc(OC)cc2)c1. The van der Waals surface area contributed by atoms with E-state index in [4.69, 9.17) is 9.47 Å². The Morgan fingerprint density at radius 2 is 1.66 bits per heavy atom. The number of hydrogen-bond donors (Lipinski definition) is 3. The molecule has 3 amide bonds. The van der Waals surface area contributed by atoms with Gasteiger partial charge < -0.3 is 20.1 Å². The number of nitrogens with one attached hydrogen (secondary N) is 3. The molecule has 0 aliphatic heterocycles. The molecule has 0 atom stereocenters. The van der Waals surface area contributed by atoms with Crippen LogP contribution in [0.1, 0.15) is 18.1 Å². The van der Waals surface area contributed by atoms with Crippen molar-refractivity contribution in [2.75, 3.05) is 24.4 Å². The Balaban J connectivity index is 1.48. The molecule has 0 spiro atoms. The maximum atomic E-state index is 12.3. The van der Waals surface area contributed by atoms with Gasteiger partial charge in [-0.15, -0.1) is 0 Å². The lowest BCUT2D eigenvalue weighted by atomic mass is 10.1. The average molecular weight is 475 g/mol. The molecule has 0 aliphatic rings. The Bertz CT molecular complexity index is 1210. The molecule has 0 heterocycles. The topological polar surface area (TPSA) is 118 Å². The number of benzene rings is 3. The summed E-state index contributed by atoms with van der Waals surface area (Å²) >= 11 is 0. The fourth-order valence-corrected chi connectivity index (χ4v) is 3.05. The molecule has 0 saturated carbocycles. The zero-order chi connectivity index (χ0) is 25.0. The zero-order valence-corrected chi connectivity index (χ0v) is 19.4. The highest BCUT2D eigenvalue weighted by Crippen LogP contribution is 2.17. The highest BCUT2D eigenvalue weighted by molar-refractivity contribution is 6.39. The molecule has 3 rings (SSSR count). The minimum atomic E-state index is -0.923. The minimum Gasteiger partial charge on any atom is -0.497 e. The number of para-hydroxylation sites is 1. The molecule has 3 aromatic rings. The third-order valence-electron chi connectivity index (χ3n) is 4.83. The quantitative estimate of drug-likeness (QED) is 0.250. The fourth-order valence-electron chi connectivity index (χ4n) is 3.05. The van der Waals surface area contributed by atoms with E-state index in [-0.39, 0.29) is 12.5 Å². The number of aryl methyl sites for hydroxylation is 1. The summed E-state index contributed by atoms with van der Waals surface area (Å²) in [6, 6.07) is 20.9. The van der Waals surface area contributed by atoms with Gasteiger partial charge in [0.15, 0.2) is 6.61 Å². The lowest BCUT2D eigenvalue weighted by Gasteiger charge is -2.10. The van der Waals surface area contributed by atoms with Crippen LogP contribution in [-0.4, -0.2) is 37.7 Å². The summed E-state index contributed by atoms with van der Waals surface area (Å²) in [5.41, 5.74) is 5.02. The number of carbonyl (C=O) groups is 3. The lowest BCUT2D eigenvalue weighted by molar-refractivity contribution is -0.136. The van der Waals surface area contributed by atoms with Crippen molar-refractivity contribution in [3.63, 3.8) is 0 Å². The van der Waals surface area contributed by atoms with Crippen molar-refractivity contribution in [2.45, 2.75) is 13.3 Å². The van der Waals surface area contributed by atoms with E-state index in [0.29, 0.717) is 22.7 Å². The first-order chi connectivity index (χ1) is 17.0. The van der Waals surface area contributed by atoms with Crippen LogP contribution in [0.25, 0.3) is 0 Å². The van der Waals surface area contributed by atoms with E-state index < -0.39 is 11.8 Å². The van der Waals surface area contributed by atoms with Gasteiger partial charge in [0, 0.05) is 11.4 Å². The Labute approximate surface area is 203 Å². The maximum absolute atomic E-state index is 12.3. The highest BCUT2D eigenvalue weighted by Gasteiger charge is 2.13. The van der Waals surface area contributed by atoms with Crippen molar-refractivity contribution in [1.82, 2.24) is 5.43 Å². The monoisotopic (exact) mass is 474 g/mol. The summed E-state index contributed by atoms with van der Waals surface area (Å²) in [5, 5.41) is 9.11. The fraction of sp³-hybridized carbons (Fsp3) is 0.154. The smallest absolute Gasteiger partial charge is 0.329 e. The predicted octanol–water partition coefficient (Wildman–Crippen LogP) is 3.36. The molecule has 0 fully saturated rings. The number of rotatable bonds is 9. The van der Waals surface area contributed by atoms with Crippen LogP contribution in [-0.2, 0) is 20.8 Å². The Hall–Kier alpha value is -4.66. The number of carbonyl (C=O) groups excluding carboxylic acids is 3. The molecule has 0 unspecified atom stereocenters. The first-order valence-corrected chi connectivity index (χ1v) is 10.9. The van der Waals surface area contributed by atoms with Gasteiger partial charge in [-0.3, -0.25) is 14.4 Å². The molecule has 3 N–H and O–H groups in total. The largest absolute Gasteiger partial charge is 0.497 e. The third kappa shape index (κ3) is 7.71. The summed E-state index contributed by atoms with van der Waals surface area (Å²) in [7, 11) is 1.53. The van der Waals surface area contributed by atoms with E-state index in [0.717, 1.165) is 17.7 Å². The van der Waals surface area contributed by atoms with Crippen LogP contribution < -0.4 is 25.5 Å². The molecule has 3 aromatic carbocycles. The van der Waals surface area contributed by atoms with Crippen molar-refractivity contribution in [3.05, 3.63) is 83.9 Å². The normalized spacial score (nSPS) is 10.5. The van der Waals surface area contributed by atoms with Crippen LogP contribution in [0, 0.1) is 0 Å². The zero-order valence-electron chi connectivity index (χ0n) is 19.4. The second-order valence-electron chi connectivity index (χ2n) is 7.30. The molecule has 9 heteroatoms. The molecule has 0 bridgehead atoms. The van der Waals surface area contributed by atoms with E-state index >= 15 is 0 Å². The van der Waals surface area contributed by atoms with Gasteiger partial charge in [-0.05, 0) is 60.0 Å². The standard InChI is InChI=1S/C26H26N4O5/c1-3-19-8-4-5-10-23(19)29-24(31)17-35-22-9-6-7-18(15-22)16-27-30-26(33)25(32)28-20-11-13-21(34-2)14-12-20/h4-16H,3,17H2,1-2H3,(H,28,32)(H,29,31)(H,30,33)/b27-16-. The van der Waals surface area contributed by atoms with Gasteiger partial charge in [-0.1, -0.05) is 37.3 Å². The molecule has 180 valence electrons. The first kappa shape index (κ1) is 25.0. The molecule has 35 heavy (non-hydrogen) atoms. The molecule has 9 nitrogen and oxygen atoms in total. The van der Waals surface area contributed by atoms with E-state index in [1.54, 1.807) is 48.5 Å². The molecular formula is C26H26N4O5. The number of nitrogens with zero attached hydrogens (tertiary/aromatic N) is 1. The first-order valence-electron chi connectivity index (χ1n) is 10.9. The van der Waals surface area contributed by atoms with E-state index in [9.17, 15) is 14.4 Å². The van der Waals surface area contributed by atoms with E-state index in [2.05, 4.69) is 21.2 Å². The van der Waals surface area contributed by atoms with Gasteiger partial charge in [0.25, 0.3) is 5.91 Å². The number of hydrazone groups is 1. The Kier molecular flexibility index (Phi) is 8.95. The van der Waals surface area contributed by atoms with Gasteiger partial charge in [0.05, 0.1) is 13.3 Å². The summed E-state index contributed by atoms with van der Waals surface area (Å²) in [4.78, 5) is 36.2. The lowest BCUT2D eigenvalue weighted by Crippen LogP contribution is -2.32. The van der Waals surface area contributed by atoms with Crippen molar-refractivity contribution in [1.29, 1.82) is 0 Å². The van der Waals surface area contributed by atoms with Gasteiger partial charge >= 0.3 is 11.8 Å². The van der Waals surface area contributed by atoms with Crippen LogP contribution in [0.15, 0.2) is 77.9 Å². The van der Waals surface area contributed by atoms with Crippen LogP contribution >= 0.6 is 0 Å².